The molecule has 2 aromatic carbocycles. The van der Waals surface area contributed by atoms with E-state index in [2.05, 4.69) is 4.74 Å². The lowest BCUT2D eigenvalue weighted by Gasteiger charge is -2.18. The Morgan fingerprint density at radius 1 is 0.870 bits per heavy atom. The number of halogens is 7. The molecule has 2 rings (SSSR count). The number of ether oxygens (including phenoxy) is 1. The SMILES string of the molecule is FC(F)(F)Oc1ccccc1-c1cc(CCl)ccc1C(F)(F)F. The molecule has 0 unspecified atom stereocenters. The third kappa shape index (κ3) is 4.31. The van der Waals surface area contributed by atoms with Crippen molar-refractivity contribution in [2.24, 2.45) is 0 Å². The first-order valence-electron chi connectivity index (χ1n) is 6.23. The van der Waals surface area contributed by atoms with Crippen molar-refractivity contribution in [3.63, 3.8) is 0 Å². The predicted molar refractivity (Wildman–Crippen MR) is 73.1 cm³/mol. The highest BCUT2D eigenvalue weighted by atomic mass is 35.5. The predicted octanol–water partition coefficient (Wildman–Crippen LogP) is 6.01. The summed E-state index contributed by atoms with van der Waals surface area (Å²) >= 11 is 5.61. The van der Waals surface area contributed by atoms with Gasteiger partial charge in [-0.25, -0.2) is 0 Å². The van der Waals surface area contributed by atoms with Gasteiger partial charge >= 0.3 is 12.5 Å². The van der Waals surface area contributed by atoms with Crippen LogP contribution in [0.25, 0.3) is 11.1 Å². The van der Waals surface area contributed by atoms with Crippen molar-refractivity contribution < 1.29 is 31.1 Å². The first kappa shape index (κ1) is 17.5. The van der Waals surface area contributed by atoms with Crippen LogP contribution in [-0.2, 0) is 12.1 Å². The molecule has 0 aliphatic carbocycles. The van der Waals surface area contributed by atoms with Crippen molar-refractivity contribution >= 4 is 11.6 Å². The quantitative estimate of drug-likeness (QED) is 0.484. The lowest BCUT2D eigenvalue weighted by Crippen LogP contribution is -2.18. The molecule has 2 aromatic rings. The first-order valence-corrected chi connectivity index (χ1v) is 6.76. The van der Waals surface area contributed by atoms with Crippen molar-refractivity contribution in [1.82, 2.24) is 0 Å². The molecule has 0 saturated heterocycles. The van der Waals surface area contributed by atoms with E-state index >= 15 is 0 Å². The van der Waals surface area contributed by atoms with Gasteiger partial charge in [0.05, 0.1) is 5.56 Å². The molecule has 0 bridgehead atoms. The molecule has 124 valence electrons. The second kappa shape index (κ2) is 6.31. The Hall–Kier alpha value is -1.89. The third-order valence-electron chi connectivity index (χ3n) is 2.95. The molecule has 0 saturated carbocycles. The zero-order valence-electron chi connectivity index (χ0n) is 11.3. The van der Waals surface area contributed by atoms with Crippen molar-refractivity contribution in [3.05, 3.63) is 53.6 Å². The van der Waals surface area contributed by atoms with Crippen LogP contribution in [0.3, 0.4) is 0 Å². The van der Waals surface area contributed by atoms with Crippen molar-refractivity contribution in [2.45, 2.75) is 18.4 Å². The fourth-order valence-corrected chi connectivity index (χ4v) is 2.21. The van der Waals surface area contributed by atoms with Gasteiger partial charge in [0, 0.05) is 11.4 Å². The zero-order chi connectivity index (χ0) is 17.3. The fraction of sp³-hybridized carbons (Fsp3) is 0.200. The van der Waals surface area contributed by atoms with Crippen LogP contribution >= 0.6 is 11.6 Å². The molecule has 0 aromatic heterocycles. The standard InChI is InChI=1S/C15H9ClF6O/c16-8-9-5-6-12(14(17,18)19)11(7-9)10-3-1-2-4-13(10)23-15(20,21)22/h1-7H,8H2. The summed E-state index contributed by atoms with van der Waals surface area (Å²) in [7, 11) is 0. The molecule has 0 aliphatic rings. The molecular formula is C15H9ClF6O. The summed E-state index contributed by atoms with van der Waals surface area (Å²) in [5.41, 5.74) is -1.46. The van der Waals surface area contributed by atoms with Gasteiger partial charge in [0.1, 0.15) is 5.75 Å². The molecule has 0 amide bonds. The van der Waals surface area contributed by atoms with Gasteiger partial charge in [0.15, 0.2) is 0 Å². The van der Waals surface area contributed by atoms with Crippen molar-refractivity contribution in [2.75, 3.05) is 0 Å². The number of hydrogen-bond donors (Lipinski definition) is 0. The van der Waals surface area contributed by atoms with Gasteiger partial charge in [-0.1, -0.05) is 24.3 Å². The Labute approximate surface area is 132 Å². The lowest BCUT2D eigenvalue weighted by molar-refractivity contribution is -0.274. The molecule has 23 heavy (non-hydrogen) atoms. The second-order valence-electron chi connectivity index (χ2n) is 4.56. The van der Waals surface area contributed by atoms with E-state index in [1.807, 2.05) is 0 Å². The second-order valence-corrected chi connectivity index (χ2v) is 4.82. The maximum absolute atomic E-state index is 13.1. The summed E-state index contributed by atoms with van der Waals surface area (Å²) in [6.07, 6.45) is -9.75. The Kier molecular flexibility index (Phi) is 4.79. The maximum Gasteiger partial charge on any atom is 0.573 e. The van der Waals surface area contributed by atoms with Crippen LogP contribution in [0.4, 0.5) is 26.3 Å². The van der Waals surface area contributed by atoms with E-state index in [0.29, 0.717) is 5.56 Å². The van der Waals surface area contributed by atoms with Crippen LogP contribution in [0.15, 0.2) is 42.5 Å². The highest BCUT2D eigenvalue weighted by Gasteiger charge is 2.36. The Balaban J connectivity index is 2.66. The van der Waals surface area contributed by atoms with Crippen LogP contribution < -0.4 is 4.74 Å². The van der Waals surface area contributed by atoms with Gasteiger partial charge < -0.3 is 4.74 Å². The van der Waals surface area contributed by atoms with Gasteiger partial charge in [-0.15, -0.1) is 24.8 Å². The number of alkyl halides is 7. The van der Waals surface area contributed by atoms with E-state index < -0.39 is 29.4 Å². The van der Waals surface area contributed by atoms with Crippen LogP contribution in [0.1, 0.15) is 11.1 Å². The molecule has 0 radical (unpaired) electrons. The topological polar surface area (TPSA) is 9.23 Å². The van der Waals surface area contributed by atoms with Crippen molar-refractivity contribution in [3.8, 4) is 16.9 Å². The average Bonchev–Trinajstić information content (AvgIpc) is 2.44. The summed E-state index contributed by atoms with van der Waals surface area (Å²) in [6.45, 7) is 0. The fourth-order valence-electron chi connectivity index (χ4n) is 2.05. The minimum Gasteiger partial charge on any atom is -0.405 e. The van der Waals surface area contributed by atoms with Gasteiger partial charge in [-0.3, -0.25) is 0 Å². The summed E-state index contributed by atoms with van der Waals surface area (Å²) in [5, 5.41) is 0. The summed E-state index contributed by atoms with van der Waals surface area (Å²) in [6, 6.07) is 7.72. The molecule has 0 fully saturated rings. The zero-order valence-corrected chi connectivity index (χ0v) is 12.1. The minimum atomic E-state index is -5.02. The molecular weight excluding hydrogens is 346 g/mol. The number of hydrogen-bond acceptors (Lipinski definition) is 1. The molecule has 1 nitrogen and oxygen atoms in total. The molecule has 0 N–H and O–H groups in total. The highest BCUT2D eigenvalue weighted by Crippen LogP contribution is 2.42. The Bertz CT molecular complexity index is 693. The molecule has 0 spiro atoms. The van der Waals surface area contributed by atoms with Crippen LogP contribution in [0.2, 0.25) is 0 Å². The Morgan fingerprint density at radius 3 is 2.09 bits per heavy atom. The van der Waals surface area contributed by atoms with Crippen LogP contribution in [-0.4, -0.2) is 6.36 Å². The van der Waals surface area contributed by atoms with Crippen LogP contribution in [0.5, 0.6) is 5.75 Å². The number of para-hydroxylation sites is 1. The van der Waals surface area contributed by atoms with Crippen LogP contribution in [0, 0.1) is 0 Å². The van der Waals surface area contributed by atoms with E-state index in [9.17, 15) is 26.3 Å². The van der Waals surface area contributed by atoms with E-state index in [0.717, 1.165) is 24.3 Å². The van der Waals surface area contributed by atoms with E-state index in [-0.39, 0.29) is 11.4 Å². The van der Waals surface area contributed by atoms with E-state index in [1.165, 1.54) is 18.2 Å². The highest BCUT2D eigenvalue weighted by molar-refractivity contribution is 6.17. The first-order chi connectivity index (χ1) is 10.6. The Morgan fingerprint density at radius 2 is 1.52 bits per heavy atom. The summed E-state index contributed by atoms with van der Waals surface area (Å²) < 4.78 is 80.6. The van der Waals surface area contributed by atoms with Gasteiger partial charge in [-0.05, 0) is 29.3 Å². The molecule has 8 heteroatoms. The normalized spacial score (nSPS) is 12.3. The molecule has 0 heterocycles. The van der Waals surface area contributed by atoms with E-state index in [4.69, 9.17) is 11.6 Å². The molecule has 0 aliphatic heterocycles. The number of rotatable bonds is 3. The number of benzene rings is 2. The van der Waals surface area contributed by atoms with Gasteiger partial charge in [-0.2, -0.15) is 13.2 Å². The molecule has 0 atom stereocenters. The van der Waals surface area contributed by atoms with Gasteiger partial charge in [0.25, 0.3) is 0 Å². The monoisotopic (exact) mass is 354 g/mol. The van der Waals surface area contributed by atoms with Gasteiger partial charge in [0.2, 0.25) is 0 Å². The third-order valence-corrected chi connectivity index (χ3v) is 3.26. The minimum absolute atomic E-state index is 0.0760. The lowest BCUT2D eigenvalue weighted by atomic mass is 9.96. The average molecular weight is 355 g/mol. The van der Waals surface area contributed by atoms with E-state index in [1.54, 1.807) is 0 Å². The van der Waals surface area contributed by atoms with Crippen molar-refractivity contribution in [1.29, 1.82) is 0 Å². The largest absolute Gasteiger partial charge is 0.573 e. The smallest absolute Gasteiger partial charge is 0.405 e. The summed E-state index contributed by atoms with van der Waals surface area (Å²) in [4.78, 5) is 0. The maximum atomic E-state index is 13.1. The summed E-state index contributed by atoms with van der Waals surface area (Å²) in [5.74, 6) is -0.787.